The Bertz CT molecular complexity index is 915. The van der Waals surface area contributed by atoms with Crippen LogP contribution in [-0.4, -0.2) is 41.4 Å². The summed E-state index contributed by atoms with van der Waals surface area (Å²) in [5, 5.41) is 9.54. The minimum atomic E-state index is -0.409. The van der Waals surface area contributed by atoms with Crippen LogP contribution in [0.25, 0.3) is 6.08 Å². The molecule has 0 atom stereocenters. The van der Waals surface area contributed by atoms with E-state index in [4.69, 9.17) is 9.47 Å². The molecule has 1 heterocycles. The summed E-state index contributed by atoms with van der Waals surface area (Å²) < 4.78 is 11.6. The molecule has 8 heteroatoms. The number of rotatable bonds is 6. The third kappa shape index (κ3) is 4.45. The zero-order valence-electron chi connectivity index (χ0n) is 14.3. The van der Waals surface area contributed by atoms with Gasteiger partial charge in [0.05, 0.1) is 18.6 Å². The first-order valence-corrected chi connectivity index (χ1v) is 9.60. The van der Waals surface area contributed by atoms with Gasteiger partial charge in [-0.1, -0.05) is 28.1 Å². The van der Waals surface area contributed by atoms with Crippen molar-refractivity contribution in [3.8, 4) is 17.2 Å². The molecule has 1 aliphatic rings. The van der Waals surface area contributed by atoms with Crippen molar-refractivity contribution in [3.63, 3.8) is 0 Å². The van der Waals surface area contributed by atoms with E-state index in [1.807, 2.05) is 12.1 Å². The summed E-state index contributed by atoms with van der Waals surface area (Å²) in [7, 11) is 1.54. The lowest BCUT2D eigenvalue weighted by atomic mass is 10.2. The van der Waals surface area contributed by atoms with E-state index in [1.54, 1.807) is 31.4 Å². The molecular weight excluding hydrogens is 434 g/mol. The highest BCUT2D eigenvalue weighted by atomic mass is 79.9. The second-order valence-electron chi connectivity index (χ2n) is 5.54. The summed E-state index contributed by atoms with van der Waals surface area (Å²) in [5.41, 5.74) is 0.458. The molecule has 0 bridgehead atoms. The van der Waals surface area contributed by atoms with E-state index >= 15 is 0 Å². The lowest BCUT2D eigenvalue weighted by Crippen LogP contribution is -2.32. The molecule has 0 unspecified atom stereocenters. The molecule has 1 aliphatic heterocycles. The number of para-hydroxylation sites is 2. The summed E-state index contributed by atoms with van der Waals surface area (Å²) in [4.78, 5) is 26.1. The molecule has 0 spiro atoms. The number of halogens is 1. The molecule has 3 rings (SSSR count). The monoisotopic (exact) mass is 449 g/mol. The van der Waals surface area contributed by atoms with Crippen LogP contribution in [0.2, 0.25) is 0 Å². The molecule has 0 aromatic heterocycles. The van der Waals surface area contributed by atoms with Gasteiger partial charge in [-0.05, 0) is 48.2 Å². The molecule has 27 heavy (non-hydrogen) atoms. The molecule has 6 nitrogen and oxygen atoms in total. The molecule has 1 saturated heterocycles. The van der Waals surface area contributed by atoms with Crippen molar-refractivity contribution >= 4 is 44.9 Å². The number of ether oxygens (including phenoxy) is 2. The number of imide groups is 1. The fourth-order valence-corrected chi connectivity index (χ4v) is 3.69. The topological polar surface area (TPSA) is 76.1 Å². The Morgan fingerprint density at radius 3 is 2.67 bits per heavy atom. The molecule has 2 amide bonds. The Balaban J connectivity index is 1.67. The van der Waals surface area contributed by atoms with Gasteiger partial charge < -0.3 is 14.6 Å². The smallest absolute Gasteiger partial charge is 0.293 e. The summed E-state index contributed by atoms with van der Waals surface area (Å²) >= 11 is 4.15. The number of thioether (sulfide) groups is 1. The predicted molar refractivity (Wildman–Crippen MR) is 107 cm³/mol. The Morgan fingerprint density at radius 2 is 1.93 bits per heavy atom. The third-order valence-electron chi connectivity index (χ3n) is 3.79. The standard InChI is InChI=1S/C19H16BrNO5S/c1-25-15-4-2-3-5-16(15)26-9-8-21-18(23)17(27-19(21)24)11-12-10-13(20)6-7-14(12)22/h2-7,10-11,22H,8-9H2,1H3/b17-11-. The van der Waals surface area contributed by atoms with E-state index in [9.17, 15) is 14.7 Å². The Labute approximate surface area is 168 Å². The van der Waals surface area contributed by atoms with Crippen molar-refractivity contribution in [2.75, 3.05) is 20.3 Å². The highest BCUT2D eigenvalue weighted by Crippen LogP contribution is 2.34. The fraction of sp³-hybridized carbons (Fsp3) is 0.158. The maximum atomic E-state index is 12.5. The predicted octanol–water partition coefficient (Wildman–Crippen LogP) is 4.28. The highest BCUT2D eigenvalue weighted by Gasteiger charge is 2.35. The van der Waals surface area contributed by atoms with Crippen LogP contribution in [0, 0.1) is 0 Å². The molecule has 2 aromatic rings. The number of hydrogen-bond donors (Lipinski definition) is 1. The van der Waals surface area contributed by atoms with Gasteiger partial charge in [0, 0.05) is 10.0 Å². The van der Waals surface area contributed by atoms with Crippen molar-refractivity contribution < 1.29 is 24.2 Å². The van der Waals surface area contributed by atoms with Gasteiger partial charge in [-0.3, -0.25) is 14.5 Å². The summed E-state index contributed by atoms with van der Waals surface area (Å²) in [6, 6.07) is 12.0. The average molecular weight is 450 g/mol. The fourth-order valence-electron chi connectivity index (χ4n) is 2.46. The summed E-state index contributed by atoms with van der Waals surface area (Å²) in [6.45, 7) is 0.262. The molecular formula is C19H16BrNO5S. The van der Waals surface area contributed by atoms with E-state index in [0.717, 1.165) is 21.1 Å². The quantitative estimate of drug-likeness (QED) is 0.663. The van der Waals surface area contributed by atoms with Crippen molar-refractivity contribution in [2.45, 2.75) is 0 Å². The van der Waals surface area contributed by atoms with Crippen molar-refractivity contribution in [1.82, 2.24) is 4.90 Å². The number of hydrogen-bond acceptors (Lipinski definition) is 6. The number of carbonyl (C=O) groups excluding carboxylic acids is 2. The van der Waals surface area contributed by atoms with E-state index in [-0.39, 0.29) is 29.0 Å². The largest absolute Gasteiger partial charge is 0.507 e. The van der Waals surface area contributed by atoms with Crippen molar-refractivity contribution in [3.05, 3.63) is 57.4 Å². The highest BCUT2D eigenvalue weighted by molar-refractivity contribution is 9.10. The lowest BCUT2D eigenvalue weighted by Gasteiger charge is -2.14. The van der Waals surface area contributed by atoms with Gasteiger partial charge in [-0.2, -0.15) is 0 Å². The number of nitrogens with zero attached hydrogens (tertiary/aromatic N) is 1. The zero-order valence-corrected chi connectivity index (χ0v) is 16.7. The number of benzene rings is 2. The molecule has 140 valence electrons. The first-order valence-electron chi connectivity index (χ1n) is 7.99. The van der Waals surface area contributed by atoms with Crippen LogP contribution in [0.15, 0.2) is 51.8 Å². The zero-order chi connectivity index (χ0) is 19.4. The van der Waals surface area contributed by atoms with Crippen LogP contribution in [0.5, 0.6) is 17.2 Å². The normalized spacial score (nSPS) is 15.5. The van der Waals surface area contributed by atoms with Crippen LogP contribution >= 0.6 is 27.7 Å². The molecule has 1 N–H and O–H groups in total. The van der Waals surface area contributed by atoms with Gasteiger partial charge in [0.15, 0.2) is 11.5 Å². The lowest BCUT2D eigenvalue weighted by molar-refractivity contribution is -0.123. The first kappa shape index (κ1) is 19.3. The third-order valence-corrected chi connectivity index (χ3v) is 5.19. The Morgan fingerprint density at radius 1 is 1.19 bits per heavy atom. The summed E-state index contributed by atoms with van der Waals surface area (Å²) in [6.07, 6.45) is 1.51. The van der Waals surface area contributed by atoms with Gasteiger partial charge in [0.1, 0.15) is 12.4 Å². The number of phenols is 1. The van der Waals surface area contributed by atoms with Crippen molar-refractivity contribution in [2.24, 2.45) is 0 Å². The van der Waals surface area contributed by atoms with Crippen molar-refractivity contribution in [1.29, 1.82) is 0 Å². The number of methoxy groups -OCH3 is 1. The minimum Gasteiger partial charge on any atom is -0.507 e. The van der Waals surface area contributed by atoms with Gasteiger partial charge in [-0.25, -0.2) is 0 Å². The first-order chi connectivity index (χ1) is 13.0. The number of amides is 2. The minimum absolute atomic E-state index is 0.0319. The maximum absolute atomic E-state index is 12.5. The summed E-state index contributed by atoms with van der Waals surface area (Å²) in [5.74, 6) is 0.746. The van der Waals surface area contributed by atoms with E-state index in [0.29, 0.717) is 17.1 Å². The van der Waals surface area contributed by atoms with Crippen LogP contribution in [0.1, 0.15) is 5.56 Å². The Hall–Kier alpha value is -2.45. The van der Waals surface area contributed by atoms with Gasteiger partial charge in [0.2, 0.25) is 0 Å². The number of carbonyl (C=O) groups is 2. The van der Waals surface area contributed by atoms with E-state index < -0.39 is 5.91 Å². The molecule has 1 fully saturated rings. The molecule has 2 aromatic carbocycles. The molecule has 0 radical (unpaired) electrons. The Kier molecular flexibility index (Phi) is 6.08. The van der Waals surface area contributed by atoms with Gasteiger partial charge in [-0.15, -0.1) is 0 Å². The second-order valence-corrected chi connectivity index (χ2v) is 7.44. The van der Waals surface area contributed by atoms with Crippen LogP contribution in [-0.2, 0) is 4.79 Å². The SMILES string of the molecule is COc1ccccc1OCCN1C(=O)S/C(=C\c2cc(Br)ccc2O)C1=O. The van der Waals surface area contributed by atoms with Crippen LogP contribution < -0.4 is 9.47 Å². The maximum Gasteiger partial charge on any atom is 0.293 e. The average Bonchev–Trinajstić information content (AvgIpc) is 2.92. The van der Waals surface area contributed by atoms with Gasteiger partial charge in [0.25, 0.3) is 11.1 Å². The van der Waals surface area contributed by atoms with Gasteiger partial charge >= 0.3 is 0 Å². The van der Waals surface area contributed by atoms with Crippen LogP contribution in [0.3, 0.4) is 0 Å². The molecule has 0 saturated carbocycles. The van der Waals surface area contributed by atoms with E-state index in [2.05, 4.69) is 15.9 Å². The number of phenolic OH excluding ortho intramolecular Hbond substituents is 1. The second kappa shape index (κ2) is 8.49. The molecule has 0 aliphatic carbocycles. The van der Waals surface area contributed by atoms with Crippen LogP contribution in [0.4, 0.5) is 4.79 Å². The number of aromatic hydroxyl groups is 1. The van der Waals surface area contributed by atoms with E-state index in [1.165, 1.54) is 12.1 Å².